The molecule has 1 heterocycles. The van der Waals surface area contributed by atoms with E-state index in [1.807, 2.05) is 39.0 Å². The molecule has 0 bridgehead atoms. The van der Waals surface area contributed by atoms with Crippen LogP contribution < -0.4 is 5.32 Å². The highest BCUT2D eigenvalue weighted by Crippen LogP contribution is 2.22. The molecule has 0 spiro atoms. The minimum atomic E-state index is -1.03. The van der Waals surface area contributed by atoms with Gasteiger partial charge in [0.05, 0.1) is 5.52 Å². The van der Waals surface area contributed by atoms with Crippen LogP contribution in [0.5, 0.6) is 0 Å². The quantitative estimate of drug-likeness (QED) is 0.791. The second kappa shape index (κ2) is 6.17. The number of carboxylic acids is 1. The lowest BCUT2D eigenvalue weighted by Gasteiger charge is -2.21. The number of hydrogen-bond donors (Lipinski definition) is 3. The maximum Gasteiger partial charge on any atom is 0.326 e. The summed E-state index contributed by atoms with van der Waals surface area (Å²) in [6.45, 7) is 6.11. The lowest BCUT2D eigenvalue weighted by Crippen LogP contribution is -2.41. The number of aromatic amines is 1. The van der Waals surface area contributed by atoms with Gasteiger partial charge in [-0.1, -0.05) is 39.0 Å². The minimum absolute atomic E-state index is 0.0114. The Morgan fingerprint density at radius 3 is 2.64 bits per heavy atom. The van der Waals surface area contributed by atoms with Crippen molar-refractivity contribution in [2.45, 2.75) is 39.7 Å². The van der Waals surface area contributed by atoms with Gasteiger partial charge in [0.1, 0.15) is 6.04 Å². The molecule has 6 nitrogen and oxygen atoms in total. The van der Waals surface area contributed by atoms with Gasteiger partial charge in [-0.3, -0.25) is 9.89 Å². The zero-order valence-electron chi connectivity index (χ0n) is 13.0. The molecule has 0 aliphatic carbocycles. The molecule has 0 fully saturated rings. The molecule has 0 saturated heterocycles. The third-order valence-corrected chi connectivity index (χ3v) is 3.47. The molecule has 118 valence electrons. The molecule has 1 aromatic carbocycles. The minimum Gasteiger partial charge on any atom is -0.480 e. The smallest absolute Gasteiger partial charge is 0.326 e. The highest BCUT2D eigenvalue weighted by Gasteiger charge is 2.24. The Kier molecular flexibility index (Phi) is 4.49. The van der Waals surface area contributed by atoms with Crippen molar-refractivity contribution >= 4 is 22.8 Å². The van der Waals surface area contributed by atoms with Crippen molar-refractivity contribution in [3.05, 3.63) is 30.0 Å². The predicted molar refractivity (Wildman–Crippen MR) is 83.7 cm³/mol. The van der Waals surface area contributed by atoms with E-state index in [1.165, 1.54) is 0 Å². The molecule has 1 aromatic heterocycles. The Morgan fingerprint density at radius 2 is 2.00 bits per heavy atom. The van der Waals surface area contributed by atoms with Gasteiger partial charge in [-0.05, 0) is 24.3 Å². The highest BCUT2D eigenvalue weighted by atomic mass is 16.4. The van der Waals surface area contributed by atoms with Crippen molar-refractivity contribution in [3.63, 3.8) is 0 Å². The van der Waals surface area contributed by atoms with Gasteiger partial charge in [0.15, 0.2) is 5.69 Å². The van der Waals surface area contributed by atoms with Crippen LogP contribution in [0, 0.1) is 5.41 Å². The van der Waals surface area contributed by atoms with E-state index in [-0.39, 0.29) is 11.1 Å². The number of amides is 1. The molecule has 0 radical (unpaired) electrons. The van der Waals surface area contributed by atoms with Gasteiger partial charge in [-0.25, -0.2) is 4.79 Å². The summed E-state index contributed by atoms with van der Waals surface area (Å²) >= 11 is 0. The van der Waals surface area contributed by atoms with E-state index in [0.717, 1.165) is 5.52 Å². The van der Waals surface area contributed by atoms with E-state index < -0.39 is 17.9 Å². The molecule has 0 saturated carbocycles. The van der Waals surface area contributed by atoms with E-state index >= 15 is 0 Å². The van der Waals surface area contributed by atoms with Gasteiger partial charge < -0.3 is 10.4 Å². The lowest BCUT2D eigenvalue weighted by molar-refractivity contribution is -0.139. The number of hydrogen-bond acceptors (Lipinski definition) is 3. The summed E-state index contributed by atoms with van der Waals surface area (Å²) in [7, 11) is 0. The maximum absolute atomic E-state index is 12.3. The van der Waals surface area contributed by atoms with Crippen LogP contribution in [0.15, 0.2) is 24.3 Å². The summed E-state index contributed by atoms with van der Waals surface area (Å²) in [5, 5.41) is 19.3. The van der Waals surface area contributed by atoms with Crippen LogP contribution in [0.3, 0.4) is 0 Å². The molecule has 2 rings (SSSR count). The fourth-order valence-electron chi connectivity index (χ4n) is 2.20. The molecule has 2 aromatic rings. The van der Waals surface area contributed by atoms with Crippen molar-refractivity contribution in [2.75, 3.05) is 0 Å². The van der Waals surface area contributed by atoms with Crippen LogP contribution in [-0.4, -0.2) is 33.2 Å². The van der Waals surface area contributed by atoms with Gasteiger partial charge in [-0.15, -0.1) is 0 Å². The first-order valence-corrected chi connectivity index (χ1v) is 7.25. The predicted octanol–water partition coefficient (Wildman–Crippen LogP) is 2.57. The average molecular weight is 303 g/mol. The first-order chi connectivity index (χ1) is 10.3. The first-order valence-electron chi connectivity index (χ1n) is 7.25. The molecular weight excluding hydrogens is 282 g/mol. The zero-order valence-corrected chi connectivity index (χ0v) is 13.0. The molecule has 6 heteroatoms. The number of carbonyl (C=O) groups excluding carboxylic acids is 1. The number of fused-ring (bicyclic) bond motifs is 1. The van der Waals surface area contributed by atoms with E-state index in [4.69, 9.17) is 0 Å². The van der Waals surface area contributed by atoms with Gasteiger partial charge in [-0.2, -0.15) is 5.10 Å². The van der Waals surface area contributed by atoms with E-state index in [9.17, 15) is 14.7 Å². The number of aliphatic carboxylic acids is 1. The maximum atomic E-state index is 12.3. The number of carbonyl (C=O) groups is 2. The number of carboxylic acid groups (broad SMARTS) is 1. The third-order valence-electron chi connectivity index (χ3n) is 3.47. The monoisotopic (exact) mass is 303 g/mol. The standard InChI is InChI=1S/C16H21N3O3/c1-16(2,3)9-8-12(15(21)22)17-14(20)13-10-6-4-5-7-11(10)18-19-13/h4-7,12H,8-9H2,1-3H3,(H,17,20)(H,18,19)(H,21,22). The van der Waals surface area contributed by atoms with Crippen LogP contribution in [-0.2, 0) is 4.79 Å². The van der Waals surface area contributed by atoms with Crippen molar-refractivity contribution in [1.29, 1.82) is 0 Å². The van der Waals surface area contributed by atoms with Crippen molar-refractivity contribution in [1.82, 2.24) is 15.5 Å². The summed E-state index contributed by atoms with van der Waals surface area (Å²) in [6.07, 6.45) is 1.08. The van der Waals surface area contributed by atoms with Crippen LogP contribution in [0.4, 0.5) is 0 Å². The summed E-state index contributed by atoms with van der Waals surface area (Å²) in [6, 6.07) is 6.32. The average Bonchev–Trinajstić information content (AvgIpc) is 2.85. The summed E-state index contributed by atoms with van der Waals surface area (Å²) < 4.78 is 0. The largest absolute Gasteiger partial charge is 0.480 e. The third kappa shape index (κ3) is 3.84. The fraction of sp³-hybridized carbons (Fsp3) is 0.438. The Balaban J connectivity index is 2.13. The second-order valence-electron chi connectivity index (χ2n) is 6.58. The number of para-hydroxylation sites is 1. The Morgan fingerprint density at radius 1 is 1.32 bits per heavy atom. The molecule has 1 atom stereocenters. The highest BCUT2D eigenvalue weighted by molar-refractivity contribution is 6.05. The van der Waals surface area contributed by atoms with Crippen LogP contribution in [0.1, 0.15) is 44.1 Å². The zero-order chi connectivity index (χ0) is 16.3. The normalized spacial score (nSPS) is 13.0. The molecule has 3 N–H and O–H groups in total. The summed E-state index contributed by atoms with van der Waals surface area (Å²) in [5.41, 5.74) is 0.976. The molecule has 1 unspecified atom stereocenters. The Bertz CT molecular complexity index is 685. The van der Waals surface area contributed by atoms with Crippen molar-refractivity contribution in [3.8, 4) is 0 Å². The number of nitrogens with one attached hydrogen (secondary N) is 2. The van der Waals surface area contributed by atoms with Crippen LogP contribution in [0.2, 0.25) is 0 Å². The number of benzene rings is 1. The number of aromatic nitrogens is 2. The van der Waals surface area contributed by atoms with Crippen molar-refractivity contribution < 1.29 is 14.7 Å². The number of H-pyrrole nitrogens is 1. The molecule has 22 heavy (non-hydrogen) atoms. The molecule has 0 aliphatic rings. The van der Waals surface area contributed by atoms with Crippen molar-refractivity contribution in [2.24, 2.45) is 5.41 Å². The lowest BCUT2D eigenvalue weighted by atomic mass is 9.88. The van der Waals surface area contributed by atoms with Gasteiger partial charge in [0.2, 0.25) is 0 Å². The summed E-state index contributed by atoms with van der Waals surface area (Å²) in [4.78, 5) is 23.6. The van der Waals surface area contributed by atoms with Gasteiger partial charge >= 0.3 is 5.97 Å². The fourth-order valence-corrected chi connectivity index (χ4v) is 2.20. The molecule has 0 aliphatic heterocycles. The topological polar surface area (TPSA) is 95.1 Å². The van der Waals surface area contributed by atoms with E-state index in [1.54, 1.807) is 6.07 Å². The molecular formula is C16H21N3O3. The van der Waals surface area contributed by atoms with E-state index in [0.29, 0.717) is 18.2 Å². The number of nitrogens with zero attached hydrogens (tertiary/aromatic N) is 1. The Labute approximate surface area is 128 Å². The van der Waals surface area contributed by atoms with Gasteiger partial charge in [0, 0.05) is 5.39 Å². The second-order valence-corrected chi connectivity index (χ2v) is 6.58. The van der Waals surface area contributed by atoms with Crippen LogP contribution >= 0.6 is 0 Å². The number of rotatable bonds is 5. The first kappa shape index (κ1) is 16.0. The van der Waals surface area contributed by atoms with Crippen LogP contribution in [0.25, 0.3) is 10.9 Å². The Hall–Kier alpha value is -2.37. The molecule has 1 amide bonds. The van der Waals surface area contributed by atoms with Gasteiger partial charge in [0.25, 0.3) is 5.91 Å². The SMILES string of the molecule is CC(C)(C)CCC(NC(=O)c1n[nH]c2ccccc12)C(=O)O. The van der Waals surface area contributed by atoms with E-state index in [2.05, 4.69) is 15.5 Å². The summed E-state index contributed by atoms with van der Waals surface area (Å²) in [5.74, 6) is -1.50.